The standard InChI is InChI=1S/C10H13ClFNOS/c1-2-13-5-6-15(14)8-3-4-10(12)9(11)7-8/h3-4,7,13H,2,5-6H2,1H3. The molecule has 0 radical (unpaired) electrons. The summed E-state index contributed by atoms with van der Waals surface area (Å²) in [5.41, 5.74) is 0. The van der Waals surface area contributed by atoms with Crippen LogP contribution in [0.2, 0.25) is 5.02 Å². The van der Waals surface area contributed by atoms with Crippen LogP contribution < -0.4 is 5.32 Å². The zero-order valence-electron chi connectivity index (χ0n) is 8.43. The van der Waals surface area contributed by atoms with Gasteiger partial charge in [-0.3, -0.25) is 4.21 Å². The Balaban J connectivity index is 2.62. The third-order valence-corrected chi connectivity index (χ3v) is 3.51. The monoisotopic (exact) mass is 249 g/mol. The lowest BCUT2D eigenvalue weighted by atomic mass is 10.3. The molecular weight excluding hydrogens is 237 g/mol. The van der Waals surface area contributed by atoms with Crippen LogP contribution in [0.5, 0.6) is 0 Å². The summed E-state index contributed by atoms with van der Waals surface area (Å²) in [5, 5.41) is 3.09. The van der Waals surface area contributed by atoms with Gasteiger partial charge in [-0.15, -0.1) is 0 Å². The molecule has 1 aromatic carbocycles. The SMILES string of the molecule is CCNCCS(=O)c1ccc(F)c(Cl)c1. The molecule has 1 N–H and O–H groups in total. The predicted molar refractivity (Wildman–Crippen MR) is 61.2 cm³/mol. The zero-order valence-corrected chi connectivity index (χ0v) is 10.00. The molecule has 0 aromatic heterocycles. The maximum absolute atomic E-state index is 12.8. The molecule has 0 bridgehead atoms. The molecule has 1 atom stereocenters. The lowest BCUT2D eigenvalue weighted by Gasteiger charge is -2.03. The molecule has 0 spiro atoms. The largest absolute Gasteiger partial charge is 0.316 e. The minimum absolute atomic E-state index is 0.0179. The highest BCUT2D eigenvalue weighted by Gasteiger charge is 2.06. The van der Waals surface area contributed by atoms with Gasteiger partial charge >= 0.3 is 0 Å². The Hall–Kier alpha value is -0.450. The second kappa shape index (κ2) is 6.20. The molecule has 0 aliphatic heterocycles. The number of benzene rings is 1. The summed E-state index contributed by atoms with van der Waals surface area (Å²) in [7, 11) is -1.12. The van der Waals surface area contributed by atoms with E-state index < -0.39 is 16.6 Å². The molecule has 1 rings (SSSR count). The number of halogens is 2. The Bertz CT molecular complexity index is 359. The molecule has 5 heteroatoms. The van der Waals surface area contributed by atoms with E-state index in [1.165, 1.54) is 18.2 Å². The number of hydrogen-bond donors (Lipinski definition) is 1. The van der Waals surface area contributed by atoms with Crippen LogP contribution in [0.1, 0.15) is 6.92 Å². The second-order valence-corrected chi connectivity index (χ2v) is 4.96. The third kappa shape index (κ3) is 3.89. The first kappa shape index (κ1) is 12.6. The van der Waals surface area contributed by atoms with Gasteiger partial charge in [0.05, 0.1) is 15.8 Å². The highest BCUT2D eigenvalue weighted by molar-refractivity contribution is 7.85. The normalized spacial score (nSPS) is 12.7. The van der Waals surface area contributed by atoms with Gasteiger partial charge in [0.2, 0.25) is 0 Å². The molecule has 2 nitrogen and oxygen atoms in total. The molecule has 15 heavy (non-hydrogen) atoms. The maximum atomic E-state index is 12.8. The van der Waals surface area contributed by atoms with E-state index in [-0.39, 0.29) is 5.02 Å². The lowest BCUT2D eigenvalue weighted by Crippen LogP contribution is -2.19. The minimum Gasteiger partial charge on any atom is -0.316 e. The first-order valence-electron chi connectivity index (χ1n) is 4.69. The predicted octanol–water partition coefficient (Wildman–Crippen LogP) is 2.20. The van der Waals surface area contributed by atoms with Crippen molar-refractivity contribution in [2.75, 3.05) is 18.8 Å². The van der Waals surface area contributed by atoms with Crippen molar-refractivity contribution in [3.05, 3.63) is 29.0 Å². The quantitative estimate of drug-likeness (QED) is 0.811. The van der Waals surface area contributed by atoms with Crippen LogP contribution in [0, 0.1) is 5.82 Å². The van der Waals surface area contributed by atoms with E-state index >= 15 is 0 Å². The highest BCUT2D eigenvalue weighted by Crippen LogP contribution is 2.18. The molecule has 0 fully saturated rings. The van der Waals surface area contributed by atoms with Gasteiger partial charge in [0.25, 0.3) is 0 Å². The van der Waals surface area contributed by atoms with Crippen LogP contribution in [-0.4, -0.2) is 23.1 Å². The van der Waals surface area contributed by atoms with E-state index in [9.17, 15) is 8.60 Å². The van der Waals surface area contributed by atoms with Crippen LogP contribution in [0.15, 0.2) is 23.1 Å². The average molecular weight is 250 g/mol. The Morgan fingerprint density at radius 2 is 2.27 bits per heavy atom. The van der Waals surface area contributed by atoms with Gasteiger partial charge in [0, 0.05) is 17.2 Å². The molecule has 1 aromatic rings. The fourth-order valence-electron chi connectivity index (χ4n) is 1.08. The van der Waals surface area contributed by atoms with Gasteiger partial charge in [0.15, 0.2) is 0 Å². The van der Waals surface area contributed by atoms with E-state index in [0.717, 1.165) is 6.54 Å². The summed E-state index contributed by atoms with van der Waals surface area (Å²) in [6, 6.07) is 4.16. The molecule has 0 amide bonds. The van der Waals surface area contributed by atoms with E-state index in [1.807, 2.05) is 6.92 Å². The molecule has 84 valence electrons. The van der Waals surface area contributed by atoms with Gasteiger partial charge in [-0.05, 0) is 24.7 Å². The Labute approximate surface area is 96.3 Å². The number of hydrogen-bond acceptors (Lipinski definition) is 2. The first-order chi connectivity index (χ1) is 7.15. The smallest absolute Gasteiger partial charge is 0.141 e. The summed E-state index contributed by atoms with van der Waals surface area (Å²) < 4.78 is 24.5. The Morgan fingerprint density at radius 3 is 2.87 bits per heavy atom. The molecule has 1 unspecified atom stereocenters. The van der Waals surface area contributed by atoms with E-state index in [1.54, 1.807) is 0 Å². The van der Waals surface area contributed by atoms with Gasteiger partial charge in [-0.25, -0.2) is 4.39 Å². The van der Waals surface area contributed by atoms with Crippen molar-refractivity contribution in [3.8, 4) is 0 Å². The number of rotatable bonds is 5. The van der Waals surface area contributed by atoms with Gasteiger partial charge in [-0.1, -0.05) is 18.5 Å². The van der Waals surface area contributed by atoms with Gasteiger partial charge in [-0.2, -0.15) is 0 Å². The molecule has 0 saturated carbocycles. The summed E-state index contributed by atoms with van der Waals surface area (Å²) in [6.45, 7) is 3.51. The zero-order chi connectivity index (χ0) is 11.3. The second-order valence-electron chi connectivity index (χ2n) is 2.98. The van der Waals surface area contributed by atoms with Crippen molar-refractivity contribution in [1.29, 1.82) is 0 Å². The van der Waals surface area contributed by atoms with E-state index in [0.29, 0.717) is 17.2 Å². The fourth-order valence-corrected chi connectivity index (χ4v) is 2.36. The van der Waals surface area contributed by atoms with Crippen molar-refractivity contribution in [2.45, 2.75) is 11.8 Å². The van der Waals surface area contributed by atoms with Gasteiger partial charge in [0.1, 0.15) is 5.82 Å². The maximum Gasteiger partial charge on any atom is 0.141 e. The summed E-state index contributed by atoms with van der Waals surface area (Å²) >= 11 is 5.59. The van der Waals surface area contributed by atoms with Crippen molar-refractivity contribution in [2.24, 2.45) is 0 Å². The van der Waals surface area contributed by atoms with Crippen LogP contribution in [-0.2, 0) is 10.8 Å². The molecule has 0 aliphatic rings. The van der Waals surface area contributed by atoms with Crippen molar-refractivity contribution in [3.63, 3.8) is 0 Å². The Morgan fingerprint density at radius 1 is 1.53 bits per heavy atom. The van der Waals surface area contributed by atoms with Gasteiger partial charge < -0.3 is 5.32 Å². The van der Waals surface area contributed by atoms with E-state index in [4.69, 9.17) is 11.6 Å². The van der Waals surface area contributed by atoms with Crippen molar-refractivity contribution in [1.82, 2.24) is 5.32 Å². The van der Waals surface area contributed by atoms with Crippen LogP contribution in [0.25, 0.3) is 0 Å². The highest BCUT2D eigenvalue weighted by atomic mass is 35.5. The average Bonchev–Trinajstić information content (AvgIpc) is 2.22. The summed E-state index contributed by atoms with van der Waals surface area (Å²) in [4.78, 5) is 0.569. The minimum atomic E-state index is -1.12. The molecular formula is C10H13ClFNOS. The van der Waals surface area contributed by atoms with Crippen molar-refractivity contribution < 1.29 is 8.60 Å². The summed E-state index contributed by atoms with van der Waals surface area (Å²) in [6.07, 6.45) is 0. The van der Waals surface area contributed by atoms with Crippen LogP contribution >= 0.6 is 11.6 Å². The lowest BCUT2D eigenvalue weighted by molar-refractivity contribution is 0.626. The molecule has 0 heterocycles. The van der Waals surface area contributed by atoms with Crippen LogP contribution in [0.3, 0.4) is 0 Å². The van der Waals surface area contributed by atoms with Crippen molar-refractivity contribution >= 4 is 22.4 Å². The first-order valence-corrected chi connectivity index (χ1v) is 6.39. The number of nitrogens with one attached hydrogen (secondary N) is 1. The summed E-state index contributed by atoms with van der Waals surface area (Å²) in [5.74, 6) is 0.0274. The van der Waals surface area contributed by atoms with E-state index in [2.05, 4.69) is 5.32 Å². The topological polar surface area (TPSA) is 29.1 Å². The van der Waals surface area contributed by atoms with Crippen LogP contribution in [0.4, 0.5) is 4.39 Å². The fraction of sp³-hybridized carbons (Fsp3) is 0.400. The third-order valence-electron chi connectivity index (χ3n) is 1.87. The molecule has 0 saturated heterocycles. The Kier molecular flexibility index (Phi) is 5.22. The molecule has 0 aliphatic carbocycles.